The van der Waals surface area contributed by atoms with Crippen molar-refractivity contribution in [2.75, 3.05) is 49.1 Å². The molecular formula is C21H26N3O+. The predicted molar refractivity (Wildman–Crippen MR) is 101 cm³/mol. The summed E-state index contributed by atoms with van der Waals surface area (Å²) >= 11 is 0. The first-order valence-electron chi connectivity index (χ1n) is 9.33. The van der Waals surface area contributed by atoms with Crippen LogP contribution in [0.3, 0.4) is 0 Å². The SMILES string of the molecule is O=C(C[NH+]1CCN(c2ccccc2)CC1)N1CCCc2ccccc21. The Morgan fingerprint density at radius 2 is 1.64 bits per heavy atom. The van der Waals surface area contributed by atoms with Crippen LogP contribution in [0.5, 0.6) is 0 Å². The van der Waals surface area contributed by atoms with Crippen molar-refractivity contribution in [2.24, 2.45) is 0 Å². The summed E-state index contributed by atoms with van der Waals surface area (Å²) in [6.07, 6.45) is 2.16. The molecule has 2 aliphatic rings. The molecule has 0 aromatic heterocycles. The number of nitrogens with one attached hydrogen (secondary N) is 1. The molecule has 0 radical (unpaired) electrons. The second kappa shape index (κ2) is 7.28. The zero-order valence-electron chi connectivity index (χ0n) is 14.7. The number of benzene rings is 2. The van der Waals surface area contributed by atoms with E-state index in [0.29, 0.717) is 6.54 Å². The van der Waals surface area contributed by atoms with Gasteiger partial charge in [0.05, 0.1) is 26.2 Å². The summed E-state index contributed by atoms with van der Waals surface area (Å²) in [6.45, 7) is 5.55. The summed E-state index contributed by atoms with van der Waals surface area (Å²) in [5.74, 6) is 0.273. The molecule has 0 saturated carbocycles. The molecule has 0 unspecified atom stereocenters. The van der Waals surface area contributed by atoms with E-state index in [0.717, 1.165) is 51.3 Å². The van der Waals surface area contributed by atoms with Gasteiger partial charge in [-0.15, -0.1) is 0 Å². The van der Waals surface area contributed by atoms with Crippen molar-refractivity contribution in [1.82, 2.24) is 0 Å². The lowest BCUT2D eigenvalue weighted by atomic mass is 10.0. The number of quaternary nitrogens is 1. The Morgan fingerprint density at radius 1 is 0.920 bits per heavy atom. The summed E-state index contributed by atoms with van der Waals surface area (Å²) in [7, 11) is 0. The first-order valence-corrected chi connectivity index (χ1v) is 9.33. The summed E-state index contributed by atoms with van der Waals surface area (Å²) < 4.78 is 0. The molecule has 4 heteroatoms. The number of carbonyl (C=O) groups excluding carboxylic acids is 1. The number of rotatable bonds is 3. The van der Waals surface area contributed by atoms with Gasteiger partial charge < -0.3 is 14.7 Å². The maximum Gasteiger partial charge on any atom is 0.282 e. The Hall–Kier alpha value is -2.33. The van der Waals surface area contributed by atoms with Crippen LogP contribution in [-0.2, 0) is 11.2 Å². The lowest BCUT2D eigenvalue weighted by Crippen LogP contribution is -3.16. The molecule has 4 nitrogen and oxygen atoms in total. The average Bonchev–Trinajstić information content (AvgIpc) is 2.69. The van der Waals surface area contributed by atoms with Crippen molar-refractivity contribution in [1.29, 1.82) is 0 Å². The molecule has 25 heavy (non-hydrogen) atoms. The van der Waals surface area contributed by atoms with Gasteiger partial charge in [0, 0.05) is 17.9 Å². The van der Waals surface area contributed by atoms with E-state index < -0.39 is 0 Å². The number of amides is 1. The lowest BCUT2D eigenvalue weighted by Gasteiger charge is -2.35. The number of nitrogens with zero attached hydrogens (tertiary/aromatic N) is 2. The van der Waals surface area contributed by atoms with Crippen LogP contribution in [0.1, 0.15) is 12.0 Å². The summed E-state index contributed by atoms with van der Waals surface area (Å²) in [4.78, 5) is 18.7. The summed E-state index contributed by atoms with van der Waals surface area (Å²) in [5.41, 5.74) is 3.73. The standard InChI is InChI=1S/C21H25N3O/c25-21(24-12-6-8-18-7-4-5-11-20(18)24)17-22-13-15-23(16-14-22)19-9-2-1-3-10-19/h1-5,7,9-11H,6,8,12-17H2/p+1. The molecular weight excluding hydrogens is 310 g/mol. The Kier molecular flexibility index (Phi) is 4.70. The van der Waals surface area contributed by atoms with Crippen LogP contribution in [0, 0.1) is 0 Å². The van der Waals surface area contributed by atoms with E-state index in [1.54, 1.807) is 0 Å². The molecule has 2 aliphatic heterocycles. The molecule has 1 fully saturated rings. The van der Waals surface area contributed by atoms with Crippen molar-refractivity contribution < 1.29 is 9.69 Å². The third kappa shape index (κ3) is 3.54. The number of piperazine rings is 1. The van der Waals surface area contributed by atoms with E-state index in [1.807, 2.05) is 11.0 Å². The molecule has 2 aromatic rings. The number of hydrogen-bond donors (Lipinski definition) is 1. The molecule has 0 atom stereocenters. The molecule has 0 spiro atoms. The van der Waals surface area contributed by atoms with E-state index >= 15 is 0 Å². The van der Waals surface area contributed by atoms with Gasteiger partial charge in [0.1, 0.15) is 0 Å². The molecule has 1 saturated heterocycles. The number of hydrogen-bond acceptors (Lipinski definition) is 2. The van der Waals surface area contributed by atoms with E-state index in [4.69, 9.17) is 0 Å². The highest BCUT2D eigenvalue weighted by atomic mass is 16.2. The minimum atomic E-state index is 0.273. The van der Waals surface area contributed by atoms with Crippen molar-refractivity contribution in [3.05, 3.63) is 60.2 Å². The molecule has 4 rings (SSSR count). The van der Waals surface area contributed by atoms with Gasteiger partial charge in [-0.1, -0.05) is 36.4 Å². The maximum absolute atomic E-state index is 12.9. The Bertz CT molecular complexity index is 723. The molecule has 0 bridgehead atoms. The number of anilines is 2. The molecule has 0 aliphatic carbocycles. The highest BCUT2D eigenvalue weighted by Gasteiger charge is 2.27. The van der Waals surface area contributed by atoms with E-state index in [2.05, 4.69) is 53.4 Å². The zero-order valence-corrected chi connectivity index (χ0v) is 14.7. The fraction of sp³-hybridized carbons (Fsp3) is 0.381. The van der Waals surface area contributed by atoms with Crippen LogP contribution < -0.4 is 14.7 Å². The van der Waals surface area contributed by atoms with Gasteiger partial charge in [-0.2, -0.15) is 0 Å². The zero-order chi connectivity index (χ0) is 17.1. The molecule has 2 heterocycles. The number of para-hydroxylation sites is 2. The van der Waals surface area contributed by atoms with Gasteiger partial charge in [0.2, 0.25) is 0 Å². The quantitative estimate of drug-likeness (QED) is 0.917. The fourth-order valence-corrected chi connectivity index (χ4v) is 4.00. The molecule has 1 amide bonds. The Balaban J connectivity index is 1.35. The predicted octanol–water partition coefficient (Wildman–Crippen LogP) is 1.37. The van der Waals surface area contributed by atoms with Gasteiger partial charge in [-0.25, -0.2) is 0 Å². The van der Waals surface area contributed by atoms with E-state index in [9.17, 15) is 4.79 Å². The average molecular weight is 336 g/mol. The van der Waals surface area contributed by atoms with Crippen molar-refractivity contribution in [2.45, 2.75) is 12.8 Å². The lowest BCUT2D eigenvalue weighted by molar-refractivity contribution is -0.892. The highest BCUT2D eigenvalue weighted by Crippen LogP contribution is 2.26. The van der Waals surface area contributed by atoms with E-state index in [-0.39, 0.29) is 5.91 Å². The van der Waals surface area contributed by atoms with Crippen molar-refractivity contribution >= 4 is 17.3 Å². The monoisotopic (exact) mass is 336 g/mol. The summed E-state index contributed by atoms with van der Waals surface area (Å²) in [5, 5.41) is 0. The van der Waals surface area contributed by atoms with Gasteiger partial charge >= 0.3 is 0 Å². The van der Waals surface area contributed by atoms with Gasteiger partial charge in [-0.3, -0.25) is 4.79 Å². The van der Waals surface area contributed by atoms with Crippen LogP contribution in [0.4, 0.5) is 11.4 Å². The third-order valence-corrected chi connectivity index (χ3v) is 5.40. The van der Waals surface area contributed by atoms with Crippen LogP contribution in [0.25, 0.3) is 0 Å². The fourth-order valence-electron chi connectivity index (χ4n) is 4.00. The third-order valence-electron chi connectivity index (χ3n) is 5.40. The topological polar surface area (TPSA) is 28.0 Å². The number of fused-ring (bicyclic) bond motifs is 1. The van der Waals surface area contributed by atoms with Crippen molar-refractivity contribution in [3.63, 3.8) is 0 Å². The van der Waals surface area contributed by atoms with Crippen LogP contribution in [-0.4, -0.2) is 45.2 Å². The second-order valence-corrected chi connectivity index (χ2v) is 7.03. The van der Waals surface area contributed by atoms with Gasteiger partial charge in [0.25, 0.3) is 5.91 Å². The van der Waals surface area contributed by atoms with Crippen LogP contribution in [0.2, 0.25) is 0 Å². The minimum absolute atomic E-state index is 0.273. The number of carbonyl (C=O) groups is 1. The van der Waals surface area contributed by atoms with Crippen LogP contribution in [0.15, 0.2) is 54.6 Å². The molecule has 1 N–H and O–H groups in total. The molecule has 130 valence electrons. The second-order valence-electron chi connectivity index (χ2n) is 7.03. The first kappa shape index (κ1) is 16.2. The number of aryl methyl sites for hydroxylation is 1. The largest absolute Gasteiger partial charge is 0.360 e. The normalized spacial score (nSPS) is 18.1. The van der Waals surface area contributed by atoms with Gasteiger partial charge in [-0.05, 0) is 36.6 Å². The maximum atomic E-state index is 12.9. The highest BCUT2D eigenvalue weighted by molar-refractivity contribution is 5.95. The minimum Gasteiger partial charge on any atom is -0.360 e. The molecule has 2 aromatic carbocycles. The Morgan fingerprint density at radius 3 is 2.44 bits per heavy atom. The first-order chi connectivity index (χ1) is 12.3. The van der Waals surface area contributed by atoms with Crippen LogP contribution >= 0.6 is 0 Å². The van der Waals surface area contributed by atoms with Gasteiger partial charge in [0.15, 0.2) is 6.54 Å². The smallest absolute Gasteiger partial charge is 0.282 e. The van der Waals surface area contributed by atoms with Crippen molar-refractivity contribution in [3.8, 4) is 0 Å². The van der Waals surface area contributed by atoms with E-state index in [1.165, 1.54) is 16.2 Å². The Labute approximate surface area is 149 Å². The summed E-state index contributed by atoms with van der Waals surface area (Å²) in [6, 6.07) is 18.9.